The molecule has 1 N–H and O–H groups in total. The number of carboxylic acid groups (broad SMARTS) is 1. The second kappa shape index (κ2) is 10.3. The van der Waals surface area contributed by atoms with Crippen LogP contribution in [-0.2, 0) is 4.74 Å². The second-order valence-electron chi connectivity index (χ2n) is 7.88. The molecule has 0 aliphatic carbocycles. The van der Waals surface area contributed by atoms with E-state index in [9.17, 15) is 9.90 Å². The number of methoxy groups -OCH3 is 1. The molecule has 0 saturated carbocycles. The van der Waals surface area contributed by atoms with Crippen LogP contribution >= 0.6 is 0 Å². The van der Waals surface area contributed by atoms with Crippen LogP contribution in [0.4, 0.5) is 5.82 Å². The number of pyridine rings is 1. The summed E-state index contributed by atoms with van der Waals surface area (Å²) < 4.78 is 12.5. The molecule has 4 heterocycles. The number of hydrogen-bond donors (Lipinski definition) is 1. The highest BCUT2D eigenvalue weighted by atomic mass is 16.5. The van der Waals surface area contributed by atoms with E-state index in [1.165, 1.54) is 12.5 Å². The van der Waals surface area contributed by atoms with Gasteiger partial charge in [0.15, 0.2) is 5.82 Å². The molecule has 0 bridgehead atoms. The van der Waals surface area contributed by atoms with Gasteiger partial charge in [-0.15, -0.1) is 5.10 Å². The van der Waals surface area contributed by atoms with Gasteiger partial charge in [0, 0.05) is 48.9 Å². The molecule has 36 heavy (non-hydrogen) atoms. The van der Waals surface area contributed by atoms with Crippen LogP contribution in [0, 0.1) is 0 Å². The van der Waals surface area contributed by atoms with Gasteiger partial charge in [-0.1, -0.05) is 6.08 Å². The van der Waals surface area contributed by atoms with Gasteiger partial charge in [-0.2, -0.15) is 0 Å². The van der Waals surface area contributed by atoms with Crippen molar-refractivity contribution in [3.8, 4) is 22.6 Å². The zero-order valence-electron chi connectivity index (χ0n) is 19.4. The molecule has 0 amide bonds. The Morgan fingerprint density at radius 3 is 2.72 bits per heavy atom. The number of aromatic nitrogens is 7. The minimum Gasteiger partial charge on any atom is -0.497 e. The van der Waals surface area contributed by atoms with E-state index in [1.807, 2.05) is 24.3 Å². The van der Waals surface area contributed by atoms with Crippen LogP contribution in [0.15, 0.2) is 49.2 Å². The van der Waals surface area contributed by atoms with Crippen LogP contribution in [-0.4, -0.2) is 79.6 Å². The average Bonchev–Trinajstić information content (AvgIpc) is 3.47. The Labute approximate surface area is 205 Å². The van der Waals surface area contributed by atoms with Crippen LogP contribution in [0.5, 0.6) is 5.75 Å². The summed E-state index contributed by atoms with van der Waals surface area (Å²) >= 11 is 0. The number of hydrogen-bond acceptors (Lipinski definition) is 10. The molecule has 0 unspecified atom stereocenters. The molecular formula is C24H22N8O4. The van der Waals surface area contributed by atoms with E-state index in [1.54, 1.807) is 36.3 Å². The summed E-state index contributed by atoms with van der Waals surface area (Å²) in [4.78, 5) is 27.0. The lowest BCUT2D eigenvalue weighted by molar-refractivity contribution is 0.0696. The minimum absolute atomic E-state index is 0.0980. The Bertz CT molecular complexity index is 1400. The van der Waals surface area contributed by atoms with E-state index in [0.717, 1.165) is 11.3 Å². The number of benzene rings is 1. The largest absolute Gasteiger partial charge is 0.497 e. The van der Waals surface area contributed by atoms with E-state index < -0.39 is 5.97 Å². The Balaban J connectivity index is 1.51. The van der Waals surface area contributed by atoms with E-state index in [2.05, 4.69) is 30.4 Å². The lowest BCUT2D eigenvalue weighted by Crippen LogP contribution is -2.37. The maximum atomic E-state index is 11.5. The highest BCUT2D eigenvalue weighted by Crippen LogP contribution is 2.30. The van der Waals surface area contributed by atoms with Gasteiger partial charge < -0.3 is 19.5 Å². The molecule has 0 radical (unpaired) electrons. The SMILES string of the molecule is COc1cc(/C=C\c2ncc(-c3cncc(C(=O)O)c3)c(N3CCOCC3)n2)cc(-n2cnnn2)c1. The van der Waals surface area contributed by atoms with Gasteiger partial charge in [0.05, 0.1) is 31.6 Å². The fraction of sp³-hybridized carbons (Fsp3) is 0.208. The summed E-state index contributed by atoms with van der Waals surface area (Å²) in [6.07, 6.45) is 9.81. The minimum atomic E-state index is -1.04. The van der Waals surface area contributed by atoms with Crippen LogP contribution in [0.2, 0.25) is 0 Å². The normalized spacial score (nSPS) is 13.8. The molecule has 12 nitrogen and oxygen atoms in total. The van der Waals surface area contributed by atoms with E-state index >= 15 is 0 Å². The monoisotopic (exact) mass is 486 g/mol. The molecule has 0 atom stereocenters. The fourth-order valence-electron chi connectivity index (χ4n) is 3.79. The first kappa shape index (κ1) is 23.1. The maximum Gasteiger partial charge on any atom is 0.337 e. The van der Waals surface area contributed by atoms with Gasteiger partial charge in [0.1, 0.15) is 17.9 Å². The first-order valence-electron chi connectivity index (χ1n) is 11.1. The summed E-state index contributed by atoms with van der Waals surface area (Å²) in [5, 5.41) is 20.7. The molecule has 5 rings (SSSR count). The molecular weight excluding hydrogens is 464 g/mol. The van der Waals surface area contributed by atoms with Gasteiger partial charge >= 0.3 is 5.97 Å². The van der Waals surface area contributed by atoms with Crippen molar-refractivity contribution >= 4 is 23.9 Å². The first-order valence-corrected chi connectivity index (χ1v) is 11.1. The second-order valence-corrected chi connectivity index (χ2v) is 7.88. The predicted molar refractivity (Wildman–Crippen MR) is 130 cm³/mol. The molecule has 1 aromatic carbocycles. The van der Waals surface area contributed by atoms with E-state index in [-0.39, 0.29) is 5.56 Å². The Hall–Kier alpha value is -4.71. The molecule has 1 fully saturated rings. The van der Waals surface area contributed by atoms with Gasteiger partial charge in [0.2, 0.25) is 0 Å². The van der Waals surface area contributed by atoms with Gasteiger partial charge in [-0.3, -0.25) is 4.98 Å². The van der Waals surface area contributed by atoms with Crippen LogP contribution in [0.25, 0.3) is 29.0 Å². The van der Waals surface area contributed by atoms with E-state index in [4.69, 9.17) is 14.5 Å². The third-order valence-corrected chi connectivity index (χ3v) is 5.58. The van der Waals surface area contributed by atoms with Gasteiger partial charge in [-0.25, -0.2) is 19.4 Å². The van der Waals surface area contributed by atoms with E-state index in [0.29, 0.717) is 54.8 Å². The number of rotatable bonds is 7. The third kappa shape index (κ3) is 5.03. The average molecular weight is 486 g/mol. The summed E-state index contributed by atoms with van der Waals surface area (Å²) in [5.41, 5.74) is 3.02. The molecule has 3 aromatic heterocycles. The number of morpholine rings is 1. The quantitative estimate of drug-likeness (QED) is 0.411. The van der Waals surface area contributed by atoms with Gasteiger partial charge in [0.25, 0.3) is 0 Å². The first-order chi connectivity index (χ1) is 17.6. The zero-order valence-corrected chi connectivity index (χ0v) is 19.4. The molecule has 1 saturated heterocycles. The Morgan fingerprint density at radius 1 is 1.11 bits per heavy atom. The number of carboxylic acids is 1. The standard InChI is InChI=1S/C24H22N8O4/c1-35-20-9-16(8-19(11-20)32-15-27-29-30-32)2-3-22-26-14-21(17-10-18(24(33)34)13-25-12-17)23(28-22)31-4-6-36-7-5-31/h2-3,8-15H,4-7H2,1H3,(H,33,34)/b3-2-. The molecule has 4 aromatic rings. The van der Waals surface area contributed by atoms with Crippen molar-refractivity contribution in [1.29, 1.82) is 0 Å². The summed E-state index contributed by atoms with van der Waals surface area (Å²) in [7, 11) is 1.59. The molecule has 1 aliphatic rings. The van der Waals surface area contributed by atoms with Crippen molar-refractivity contribution in [3.63, 3.8) is 0 Å². The van der Waals surface area contributed by atoms with Crippen molar-refractivity contribution in [3.05, 3.63) is 66.1 Å². The lowest BCUT2D eigenvalue weighted by atomic mass is 10.1. The van der Waals surface area contributed by atoms with Crippen molar-refractivity contribution < 1.29 is 19.4 Å². The lowest BCUT2D eigenvalue weighted by Gasteiger charge is -2.29. The fourth-order valence-corrected chi connectivity index (χ4v) is 3.79. The van der Waals surface area contributed by atoms with Crippen LogP contribution in [0.1, 0.15) is 21.7 Å². The van der Waals surface area contributed by atoms with Crippen molar-refractivity contribution in [2.24, 2.45) is 0 Å². The number of nitrogens with zero attached hydrogens (tertiary/aromatic N) is 8. The summed E-state index contributed by atoms with van der Waals surface area (Å²) in [6.45, 7) is 2.46. The maximum absolute atomic E-state index is 11.5. The van der Waals surface area contributed by atoms with Gasteiger partial charge in [-0.05, 0) is 40.3 Å². The van der Waals surface area contributed by atoms with Crippen molar-refractivity contribution in [2.45, 2.75) is 0 Å². The summed E-state index contributed by atoms with van der Waals surface area (Å²) in [5.74, 6) is 0.794. The number of ether oxygens (including phenoxy) is 2. The molecule has 182 valence electrons. The topological polar surface area (TPSA) is 141 Å². The highest BCUT2D eigenvalue weighted by molar-refractivity contribution is 5.89. The molecule has 1 aliphatic heterocycles. The highest BCUT2D eigenvalue weighted by Gasteiger charge is 2.19. The van der Waals surface area contributed by atoms with Crippen LogP contribution in [0.3, 0.4) is 0 Å². The zero-order chi connectivity index (χ0) is 24.9. The number of anilines is 1. The third-order valence-electron chi connectivity index (χ3n) is 5.58. The Morgan fingerprint density at radius 2 is 1.97 bits per heavy atom. The number of aromatic carboxylic acids is 1. The number of tetrazole rings is 1. The van der Waals surface area contributed by atoms with Crippen LogP contribution < -0.4 is 9.64 Å². The van der Waals surface area contributed by atoms with Crippen molar-refractivity contribution in [1.82, 2.24) is 35.2 Å². The van der Waals surface area contributed by atoms with Crippen molar-refractivity contribution in [2.75, 3.05) is 38.3 Å². The smallest absolute Gasteiger partial charge is 0.337 e. The summed E-state index contributed by atoms with van der Waals surface area (Å²) in [6, 6.07) is 7.19. The number of carbonyl (C=O) groups is 1. The predicted octanol–water partition coefficient (Wildman–Crippen LogP) is 2.23. The Kier molecular flexibility index (Phi) is 6.58. The molecule has 0 spiro atoms. The molecule has 12 heteroatoms.